The third-order valence-corrected chi connectivity index (χ3v) is 4.79. The molecular weight excluding hydrogens is 388 g/mol. The summed E-state index contributed by atoms with van der Waals surface area (Å²) in [5.41, 5.74) is 2.57. The van der Waals surface area contributed by atoms with Gasteiger partial charge in [-0.1, -0.05) is 81.5 Å². The van der Waals surface area contributed by atoms with Gasteiger partial charge in [-0.05, 0) is 56.1 Å². The molecule has 0 aromatic carbocycles. The standard InChI is InChI=1S/C27H42O4/c1-4-7-16-19-24(5-2)25(6-3)20-17-14-12-10-8-9-11-13-15-18-21-27(30)31-26(22-28)23-29/h5-6,8,10-11,13-14,17,26,28-29H,2-4,7,9,12,15-16,18-23H2,1H3/b10-8-,13-11-,17-14-,25-24-. The highest BCUT2D eigenvalue weighted by atomic mass is 16.6. The predicted octanol–water partition coefficient (Wildman–Crippen LogP) is 6.14. The van der Waals surface area contributed by atoms with Crippen molar-refractivity contribution in [3.63, 3.8) is 0 Å². The minimum absolute atomic E-state index is 0.286. The van der Waals surface area contributed by atoms with Gasteiger partial charge in [-0.15, -0.1) is 0 Å². The number of allylic oxidation sites excluding steroid dienone is 10. The Balaban J connectivity index is 4.03. The number of aliphatic hydroxyl groups excluding tert-OH is 2. The van der Waals surface area contributed by atoms with Crippen LogP contribution in [0.1, 0.15) is 71.1 Å². The molecule has 0 atom stereocenters. The minimum Gasteiger partial charge on any atom is -0.457 e. The average Bonchev–Trinajstić information content (AvgIpc) is 2.79. The first-order valence-electron chi connectivity index (χ1n) is 11.5. The summed E-state index contributed by atoms with van der Waals surface area (Å²) in [6.45, 7) is 9.40. The zero-order chi connectivity index (χ0) is 23.2. The van der Waals surface area contributed by atoms with Gasteiger partial charge in [0, 0.05) is 6.42 Å². The maximum Gasteiger partial charge on any atom is 0.306 e. The third-order valence-electron chi connectivity index (χ3n) is 4.79. The fraction of sp³-hybridized carbons (Fsp3) is 0.519. The van der Waals surface area contributed by atoms with Crippen LogP contribution < -0.4 is 0 Å². The Kier molecular flexibility index (Phi) is 19.6. The van der Waals surface area contributed by atoms with Gasteiger partial charge in [0.1, 0.15) is 6.10 Å². The molecule has 4 nitrogen and oxygen atoms in total. The number of hydrogen-bond donors (Lipinski definition) is 2. The summed E-state index contributed by atoms with van der Waals surface area (Å²) in [5, 5.41) is 17.7. The molecule has 0 amide bonds. The molecule has 0 rings (SSSR count). The van der Waals surface area contributed by atoms with Crippen LogP contribution in [0, 0.1) is 0 Å². The van der Waals surface area contributed by atoms with E-state index in [2.05, 4.69) is 56.5 Å². The van der Waals surface area contributed by atoms with Gasteiger partial charge in [0.15, 0.2) is 0 Å². The van der Waals surface area contributed by atoms with E-state index >= 15 is 0 Å². The van der Waals surface area contributed by atoms with E-state index in [9.17, 15) is 4.79 Å². The van der Waals surface area contributed by atoms with Crippen LogP contribution in [-0.4, -0.2) is 35.5 Å². The normalized spacial score (nSPS) is 12.8. The molecule has 0 unspecified atom stereocenters. The van der Waals surface area contributed by atoms with Crippen molar-refractivity contribution in [1.29, 1.82) is 0 Å². The smallest absolute Gasteiger partial charge is 0.306 e. The van der Waals surface area contributed by atoms with Gasteiger partial charge in [0.2, 0.25) is 0 Å². The summed E-state index contributed by atoms with van der Waals surface area (Å²) in [5.74, 6) is -0.385. The van der Waals surface area contributed by atoms with E-state index in [0.29, 0.717) is 6.42 Å². The predicted molar refractivity (Wildman–Crippen MR) is 131 cm³/mol. The van der Waals surface area contributed by atoms with E-state index < -0.39 is 6.10 Å². The van der Waals surface area contributed by atoms with Crippen LogP contribution in [0.15, 0.2) is 72.9 Å². The number of hydrogen-bond acceptors (Lipinski definition) is 4. The van der Waals surface area contributed by atoms with E-state index in [1.54, 1.807) is 0 Å². The molecule has 2 N–H and O–H groups in total. The Morgan fingerprint density at radius 3 is 2.03 bits per heavy atom. The van der Waals surface area contributed by atoms with Gasteiger partial charge in [-0.2, -0.15) is 0 Å². The van der Waals surface area contributed by atoms with Crippen molar-refractivity contribution in [3.8, 4) is 0 Å². The Bertz CT molecular complexity index is 607. The summed E-state index contributed by atoms with van der Waals surface area (Å²) in [6.07, 6.45) is 25.1. The molecule has 0 fully saturated rings. The number of ether oxygens (including phenoxy) is 1. The number of unbranched alkanes of at least 4 members (excludes halogenated alkanes) is 3. The second-order valence-corrected chi connectivity index (χ2v) is 7.37. The molecule has 174 valence electrons. The fourth-order valence-electron chi connectivity index (χ4n) is 2.92. The van der Waals surface area contributed by atoms with Gasteiger partial charge < -0.3 is 14.9 Å². The lowest BCUT2D eigenvalue weighted by atomic mass is 9.99. The monoisotopic (exact) mass is 430 g/mol. The lowest BCUT2D eigenvalue weighted by Crippen LogP contribution is -2.25. The lowest BCUT2D eigenvalue weighted by molar-refractivity contribution is -0.153. The van der Waals surface area contributed by atoms with Crippen LogP contribution in [0.4, 0.5) is 0 Å². The number of carbonyl (C=O) groups excluding carboxylic acids is 1. The van der Waals surface area contributed by atoms with Crippen molar-refractivity contribution < 1.29 is 19.7 Å². The summed E-state index contributed by atoms with van der Waals surface area (Å²) in [4.78, 5) is 11.5. The highest BCUT2D eigenvalue weighted by Crippen LogP contribution is 2.18. The largest absolute Gasteiger partial charge is 0.457 e. The van der Waals surface area contributed by atoms with Crippen molar-refractivity contribution in [3.05, 3.63) is 72.9 Å². The van der Waals surface area contributed by atoms with Crippen LogP contribution in [0.3, 0.4) is 0 Å². The maximum atomic E-state index is 11.5. The van der Waals surface area contributed by atoms with E-state index in [4.69, 9.17) is 14.9 Å². The SMILES string of the molecule is C=C/C(C/C=C\C/C=C\C/C=C\CCCC(=O)OC(CO)CO)=C(\C=C)CCCCC. The summed E-state index contributed by atoms with van der Waals surface area (Å²) < 4.78 is 4.91. The van der Waals surface area contributed by atoms with Gasteiger partial charge in [-0.3, -0.25) is 4.79 Å². The van der Waals surface area contributed by atoms with E-state index in [1.165, 1.54) is 30.4 Å². The summed E-state index contributed by atoms with van der Waals surface area (Å²) in [7, 11) is 0. The molecule has 0 radical (unpaired) electrons. The molecule has 0 heterocycles. The summed E-state index contributed by atoms with van der Waals surface area (Å²) in [6, 6.07) is 0. The van der Waals surface area contributed by atoms with Crippen LogP contribution >= 0.6 is 0 Å². The van der Waals surface area contributed by atoms with Crippen LogP contribution in [0.2, 0.25) is 0 Å². The number of aliphatic hydroxyl groups is 2. The molecule has 0 aromatic rings. The molecule has 0 spiro atoms. The molecule has 0 saturated heterocycles. The van der Waals surface area contributed by atoms with Crippen LogP contribution in [-0.2, 0) is 9.53 Å². The van der Waals surface area contributed by atoms with Crippen molar-refractivity contribution in [2.24, 2.45) is 0 Å². The second kappa shape index (κ2) is 21.1. The Morgan fingerprint density at radius 1 is 0.839 bits per heavy atom. The van der Waals surface area contributed by atoms with Crippen molar-refractivity contribution in [1.82, 2.24) is 0 Å². The minimum atomic E-state index is -0.809. The Labute approximate surface area is 189 Å². The third kappa shape index (κ3) is 16.2. The first-order chi connectivity index (χ1) is 15.1. The quantitative estimate of drug-likeness (QED) is 0.112. The van der Waals surface area contributed by atoms with E-state index in [1.807, 2.05) is 12.2 Å². The van der Waals surface area contributed by atoms with Gasteiger partial charge in [0.05, 0.1) is 13.2 Å². The zero-order valence-electron chi connectivity index (χ0n) is 19.3. The Morgan fingerprint density at radius 2 is 1.45 bits per heavy atom. The van der Waals surface area contributed by atoms with E-state index in [-0.39, 0.29) is 25.6 Å². The maximum absolute atomic E-state index is 11.5. The molecule has 0 aliphatic heterocycles. The molecule has 0 aliphatic rings. The van der Waals surface area contributed by atoms with E-state index in [0.717, 1.165) is 32.1 Å². The number of carbonyl (C=O) groups is 1. The molecule has 0 aromatic heterocycles. The highest BCUT2D eigenvalue weighted by molar-refractivity contribution is 5.69. The average molecular weight is 431 g/mol. The van der Waals surface area contributed by atoms with Crippen molar-refractivity contribution in [2.45, 2.75) is 77.2 Å². The van der Waals surface area contributed by atoms with Gasteiger partial charge in [-0.25, -0.2) is 0 Å². The molecule has 31 heavy (non-hydrogen) atoms. The summed E-state index contributed by atoms with van der Waals surface area (Å²) >= 11 is 0. The molecule has 0 saturated carbocycles. The van der Waals surface area contributed by atoms with Crippen molar-refractivity contribution in [2.75, 3.05) is 13.2 Å². The number of rotatable bonds is 19. The molecule has 4 heteroatoms. The zero-order valence-corrected chi connectivity index (χ0v) is 19.3. The fourth-order valence-corrected chi connectivity index (χ4v) is 2.92. The molecule has 0 bridgehead atoms. The number of esters is 1. The molecular formula is C27H42O4. The van der Waals surface area contributed by atoms with Gasteiger partial charge >= 0.3 is 5.97 Å². The second-order valence-electron chi connectivity index (χ2n) is 7.37. The van der Waals surface area contributed by atoms with Crippen molar-refractivity contribution >= 4 is 5.97 Å². The lowest BCUT2D eigenvalue weighted by Gasteiger charge is -2.11. The highest BCUT2D eigenvalue weighted by Gasteiger charge is 2.11. The Hall–Kier alpha value is -2.17. The van der Waals surface area contributed by atoms with Crippen LogP contribution in [0.5, 0.6) is 0 Å². The first-order valence-corrected chi connectivity index (χ1v) is 11.5. The van der Waals surface area contributed by atoms with Gasteiger partial charge in [0.25, 0.3) is 0 Å². The molecule has 0 aliphatic carbocycles. The van der Waals surface area contributed by atoms with Crippen LogP contribution in [0.25, 0.3) is 0 Å². The first kappa shape index (κ1) is 28.8. The topological polar surface area (TPSA) is 66.8 Å².